The molecule has 2 fully saturated rings. The van der Waals surface area contributed by atoms with Crippen LogP contribution in [-0.4, -0.2) is 39.3 Å². The van der Waals surface area contributed by atoms with Crippen LogP contribution >= 0.6 is 0 Å². The van der Waals surface area contributed by atoms with Crippen molar-refractivity contribution in [3.8, 4) is 0 Å². The molecule has 3 heterocycles. The summed E-state index contributed by atoms with van der Waals surface area (Å²) in [5, 5.41) is 8.57. The highest BCUT2D eigenvalue weighted by Gasteiger charge is 2.43. The Hall–Kier alpha value is -0.950. The molecule has 1 aromatic heterocycles. The lowest BCUT2D eigenvalue weighted by molar-refractivity contribution is 0.284. The zero-order valence-electron chi connectivity index (χ0n) is 12.2. The molecule has 1 aromatic rings. The van der Waals surface area contributed by atoms with Crippen LogP contribution in [0.1, 0.15) is 50.2 Å². The first-order valence-electron chi connectivity index (χ1n) is 8.04. The van der Waals surface area contributed by atoms with Gasteiger partial charge in [0, 0.05) is 19.0 Å². The predicted octanol–water partition coefficient (Wildman–Crippen LogP) is 1.32. The summed E-state index contributed by atoms with van der Waals surface area (Å²) in [6, 6.07) is 0.187. The van der Waals surface area contributed by atoms with Crippen LogP contribution in [0.3, 0.4) is 0 Å². The summed E-state index contributed by atoms with van der Waals surface area (Å²) in [5.41, 5.74) is 0. The number of sulfonamides is 1. The topological polar surface area (TPSA) is 68.1 Å². The Balaban J connectivity index is 1.62. The van der Waals surface area contributed by atoms with Crippen LogP contribution in [0, 0.1) is 5.92 Å². The number of nitrogens with zero attached hydrogens (tertiary/aromatic N) is 4. The second-order valence-electron chi connectivity index (χ2n) is 6.65. The first-order chi connectivity index (χ1) is 10.1. The van der Waals surface area contributed by atoms with Gasteiger partial charge in [-0.25, -0.2) is 8.42 Å². The van der Waals surface area contributed by atoms with Gasteiger partial charge in [-0.05, 0) is 38.0 Å². The molecule has 0 amide bonds. The summed E-state index contributed by atoms with van der Waals surface area (Å²) in [7, 11) is -3.12. The molecule has 0 aromatic carbocycles. The molecule has 116 valence electrons. The molecule has 21 heavy (non-hydrogen) atoms. The molecule has 0 radical (unpaired) electrons. The molecule has 4 rings (SSSR count). The van der Waals surface area contributed by atoms with Gasteiger partial charge >= 0.3 is 0 Å². The van der Waals surface area contributed by atoms with E-state index in [-0.39, 0.29) is 6.04 Å². The van der Waals surface area contributed by atoms with E-state index in [1.54, 1.807) is 4.31 Å². The van der Waals surface area contributed by atoms with Crippen LogP contribution in [0.5, 0.6) is 0 Å². The average molecular weight is 310 g/mol. The van der Waals surface area contributed by atoms with Gasteiger partial charge in [0.05, 0.1) is 12.3 Å². The third kappa shape index (κ3) is 2.40. The smallest absolute Gasteiger partial charge is 0.215 e. The largest absolute Gasteiger partial charge is 0.314 e. The van der Waals surface area contributed by atoms with Crippen molar-refractivity contribution in [2.45, 2.75) is 64.1 Å². The van der Waals surface area contributed by atoms with Crippen molar-refractivity contribution in [2.75, 3.05) is 5.75 Å². The van der Waals surface area contributed by atoms with Gasteiger partial charge in [-0.3, -0.25) is 0 Å². The summed E-state index contributed by atoms with van der Waals surface area (Å²) in [6.45, 7) is 1.34. The predicted molar refractivity (Wildman–Crippen MR) is 78.0 cm³/mol. The maximum Gasteiger partial charge on any atom is 0.215 e. The van der Waals surface area contributed by atoms with Crippen molar-refractivity contribution in [3.63, 3.8) is 0 Å². The molecule has 2 bridgehead atoms. The van der Waals surface area contributed by atoms with Gasteiger partial charge in [0.15, 0.2) is 0 Å². The van der Waals surface area contributed by atoms with Gasteiger partial charge < -0.3 is 4.57 Å². The number of hydrogen-bond donors (Lipinski definition) is 0. The van der Waals surface area contributed by atoms with Crippen LogP contribution < -0.4 is 0 Å². The molecule has 1 saturated carbocycles. The Morgan fingerprint density at radius 1 is 1.14 bits per heavy atom. The summed E-state index contributed by atoms with van der Waals surface area (Å²) < 4.78 is 28.8. The SMILES string of the molecule is O=S1(=O)C[C@@H]2CC[C@@H](C2)N1Cc1nnc2n1CCCCC2. The third-order valence-corrected chi connectivity index (χ3v) is 7.24. The number of hydrogen-bond acceptors (Lipinski definition) is 4. The molecule has 0 N–H and O–H groups in total. The van der Waals surface area contributed by atoms with E-state index in [1.807, 2.05) is 0 Å². The van der Waals surface area contributed by atoms with Gasteiger partial charge in [-0.1, -0.05) is 6.42 Å². The van der Waals surface area contributed by atoms with Crippen LogP contribution in [0.25, 0.3) is 0 Å². The Morgan fingerprint density at radius 2 is 2.05 bits per heavy atom. The monoisotopic (exact) mass is 310 g/mol. The number of fused-ring (bicyclic) bond motifs is 3. The van der Waals surface area contributed by atoms with Gasteiger partial charge in [0.25, 0.3) is 0 Å². The third-order valence-electron chi connectivity index (χ3n) is 5.21. The van der Waals surface area contributed by atoms with E-state index in [0.29, 0.717) is 18.2 Å². The van der Waals surface area contributed by atoms with Gasteiger partial charge in [-0.15, -0.1) is 10.2 Å². The van der Waals surface area contributed by atoms with E-state index >= 15 is 0 Å². The van der Waals surface area contributed by atoms with Gasteiger partial charge in [0.1, 0.15) is 11.6 Å². The molecule has 3 aliphatic rings. The van der Waals surface area contributed by atoms with E-state index < -0.39 is 10.0 Å². The summed E-state index contributed by atoms with van der Waals surface area (Å²) in [4.78, 5) is 0. The highest BCUT2D eigenvalue weighted by atomic mass is 32.2. The van der Waals surface area contributed by atoms with Crippen molar-refractivity contribution in [2.24, 2.45) is 5.92 Å². The fourth-order valence-electron chi connectivity index (χ4n) is 4.11. The van der Waals surface area contributed by atoms with Crippen molar-refractivity contribution in [1.29, 1.82) is 0 Å². The number of rotatable bonds is 2. The normalized spacial score (nSPS) is 31.8. The molecule has 2 aliphatic heterocycles. The fourth-order valence-corrected chi connectivity index (χ4v) is 6.16. The second-order valence-corrected chi connectivity index (χ2v) is 8.62. The first kappa shape index (κ1) is 13.7. The van der Waals surface area contributed by atoms with Crippen molar-refractivity contribution in [1.82, 2.24) is 19.1 Å². The Morgan fingerprint density at radius 3 is 2.95 bits per heavy atom. The van der Waals surface area contributed by atoms with E-state index in [9.17, 15) is 8.42 Å². The van der Waals surface area contributed by atoms with Gasteiger partial charge in [-0.2, -0.15) is 4.31 Å². The molecule has 1 aliphatic carbocycles. The highest BCUT2D eigenvalue weighted by molar-refractivity contribution is 7.89. The molecular formula is C14H22N4O2S. The van der Waals surface area contributed by atoms with Crippen LogP contribution in [-0.2, 0) is 29.5 Å². The minimum absolute atomic E-state index is 0.187. The molecular weight excluding hydrogens is 288 g/mol. The van der Waals surface area contributed by atoms with Crippen LogP contribution in [0.15, 0.2) is 0 Å². The first-order valence-corrected chi connectivity index (χ1v) is 9.65. The lowest BCUT2D eigenvalue weighted by atomic mass is 10.1. The highest BCUT2D eigenvalue weighted by Crippen LogP contribution is 2.38. The lowest BCUT2D eigenvalue weighted by Crippen LogP contribution is -2.44. The Bertz CT molecular complexity index is 639. The maximum absolute atomic E-state index is 12.5. The molecule has 0 spiro atoms. The molecule has 7 heteroatoms. The van der Waals surface area contributed by atoms with Crippen molar-refractivity contribution in [3.05, 3.63) is 11.6 Å². The minimum Gasteiger partial charge on any atom is -0.314 e. The molecule has 6 nitrogen and oxygen atoms in total. The molecule has 1 saturated heterocycles. The standard InChI is InChI=1S/C14H22N4O2S/c19-21(20)10-11-5-6-12(8-11)18(21)9-14-16-15-13-4-2-1-3-7-17(13)14/h11-12H,1-10H2/t11-,12+/m1/s1. The van der Waals surface area contributed by atoms with Gasteiger partial charge in [0.2, 0.25) is 10.0 Å². The average Bonchev–Trinajstić information content (AvgIpc) is 2.92. The molecule has 0 unspecified atom stereocenters. The summed E-state index contributed by atoms with van der Waals surface area (Å²) >= 11 is 0. The van der Waals surface area contributed by atoms with Crippen molar-refractivity contribution >= 4 is 10.0 Å². The van der Waals surface area contributed by atoms with Crippen LogP contribution in [0.2, 0.25) is 0 Å². The fraction of sp³-hybridized carbons (Fsp3) is 0.857. The summed E-state index contributed by atoms with van der Waals surface area (Å²) in [6.07, 6.45) is 7.56. The zero-order chi connectivity index (χ0) is 14.4. The second kappa shape index (κ2) is 5.05. The Labute approximate surface area is 125 Å². The maximum atomic E-state index is 12.5. The number of aromatic nitrogens is 3. The van der Waals surface area contributed by atoms with E-state index in [1.165, 1.54) is 6.42 Å². The molecule has 2 atom stereocenters. The minimum atomic E-state index is -3.12. The van der Waals surface area contributed by atoms with Crippen LogP contribution in [0.4, 0.5) is 0 Å². The van der Waals surface area contributed by atoms with E-state index in [2.05, 4.69) is 14.8 Å². The number of aryl methyl sites for hydroxylation is 1. The summed E-state index contributed by atoms with van der Waals surface area (Å²) in [5.74, 6) is 2.57. The lowest BCUT2D eigenvalue weighted by Gasteiger charge is -2.32. The van der Waals surface area contributed by atoms with E-state index in [0.717, 1.165) is 56.7 Å². The zero-order valence-corrected chi connectivity index (χ0v) is 13.1. The Kier molecular flexibility index (Phi) is 3.29. The van der Waals surface area contributed by atoms with Crippen molar-refractivity contribution < 1.29 is 8.42 Å². The van der Waals surface area contributed by atoms with E-state index in [4.69, 9.17) is 0 Å². The quantitative estimate of drug-likeness (QED) is 0.826.